The number of nitrogens with two attached hydrogens (primary N) is 1. The van der Waals surface area contributed by atoms with E-state index in [1.54, 1.807) is 6.92 Å². The van der Waals surface area contributed by atoms with Crippen molar-refractivity contribution in [1.29, 1.82) is 0 Å². The maximum atomic E-state index is 11.3. The average molecular weight is 157 g/mol. The third kappa shape index (κ3) is 2.27. The normalized spacial score (nSPS) is 23.1. The van der Waals surface area contributed by atoms with Gasteiger partial charge in [0.1, 0.15) is 0 Å². The molecule has 1 atom stereocenters. The minimum Gasteiger partial charge on any atom is -0.381 e. The predicted molar refractivity (Wildman–Crippen MR) is 42.2 cm³/mol. The van der Waals surface area contributed by atoms with Gasteiger partial charge in [0.15, 0.2) is 5.78 Å². The van der Waals surface area contributed by atoms with Crippen LogP contribution in [0.15, 0.2) is 0 Å². The van der Waals surface area contributed by atoms with Crippen LogP contribution < -0.4 is 5.73 Å². The van der Waals surface area contributed by atoms with Gasteiger partial charge >= 0.3 is 0 Å². The summed E-state index contributed by atoms with van der Waals surface area (Å²) in [5, 5.41) is 0. The second kappa shape index (κ2) is 3.83. The van der Waals surface area contributed by atoms with Crippen molar-refractivity contribution in [3.8, 4) is 0 Å². The molecule has 64 valence electrons. The highest BCUT2D eigenvalue weighted by atomic mass is 16.5. The number of carbonyl (C=O) groups excluding carboxylic acids is 1. The van der Waals surface area contributed by atoms with Crippen LogP contribution in [0.25, 0.3) is 0 Å². The van der Waals surface area contributed by atoms with Gasteiger partial charge in [0.05, 0.1) is 6.04 Å². The summed E-state index contributed by atoms with van der Waals surface area (Å²) in [6, 6.07) is -0.307. The number of ketones is 1. The van der Waals surface area contributed by atoms with E-state index in [4.69, 9.17) is 10.5 Å². The SMILES string of the molecule is CC(N)C(=O)C1CCOCC1. The standard InChI is InChI=1S/C8H15NO2/c1-6(9)8(10)7-2-4-11-5-3-7/h6-7H,2-5,9H2,1H3. The number of hydrogen-bond acceptors (Lipinski definition) is 3. The molecule has 11 heavy (non-hydrogen) atoms. The van der Waals surface area contributed by atoms with Crippen LogP contribution in [0.1, 0.15) is 19.8 Å². The fourth-order valence-electron chi connectivity index (χ4n) is 1.35. The van der Waals surface area contributed by atoms with E-state index in [-0.39, 0.29) is 17.7 Å². The first kappa shape index (κ1) is 8.68. The van der Waals surface area contributed by atoms with Gasteiger partial charge in [-0.25, -0.2) is 0 Å². The topological polar surface area (TPSA) is 52.3 Å². The molecule has 0 radical (unpaired) electrons. The maximum absolute atomic E-state index is 11.3. The molecule has 3 nitrogen and oxygen atoms in total. The maximum Gasteiger partial charge on any atom is 0.152 e. The van der Waals surface area contributed by atoms with Gasteiger partial charge in [-0.15, -0.1) is 0 Å². The molecule has 0 amide bonds. The summed E-state index contributed by atoms with van der Waals surface area (Å²) in [6.45, 7) is 3.17. The van der Waals surface area contributed by atoms with Crippen LogP contribution in [-0.4, -0.2) is 25.0 Å². The van der Waals surface area contributed by atoms with E-state index in [1.807, 2.05) is 0 Å². The minimum absolute atomic E-state index is 0.156. The first-order chi connectivity index (χ1) is 5.22. The van der Waals surface area contributed by atoms with Crippen LogP contribution in [0.5, 0.6) is 0 Å². The quantitative estimate of drug-likeness (QED) is 0.628. The number of hydrogen-bond donors (Lipinski definition) is 1. The number of ether oxygens (including phenoxy) is 1. The van der Waals surface area contributed by atoms with Crippen LogP contribution in [-0.2, 0) is 9.53 Å². The predicted octanol–water partition coefficient (Wildman–Crippen LogP) is 0.329. The fraction of sp³-hybridized carbons (Fsp3) is 0.875. The Morgan fingerprint density at radius 2 is 2.09 bits per heavy atom. The lowest BCUT2D eigenvalue weighted by atomic mass is 9.92. The van der Waals surface area contributed by atoms with E-state index < -0.39 is 0 Å². The first-order valence-electron chi connectivity index (χ1n) is 4.09. The molecule has 2 N–H and O–H groups in total. The first-order valence-corrected chi connectivity index (χ1v) is 4.09. The zero-order valence-corrected chi connectivity index (χ0v) is 6.88. The van der Waals surface area contributed by atoms with Crippen molar-refractivity contribution in [3.05, 3.63) is 0 Å². The lowest BCUT2D eigenvalue weighted by Crippen LogP contribution is -2.35. The summed E-state index contributed by atoms with van der Waals surface area (Å²) < 4.78 is 5.14. The molecule has 1 heterocycles. The zero-order valence-electron chi connectivity index (χ0n) is 6.88. The Kier molecular flexibility index (Phi) is 3.02. The summed E-state index contributed by atoms with van der Waals surface area (Å²) in [6.07, 6.45) is 1.70. The van der Waals surface area contributed by atoms with Crippen molar-refractivity contribution in [2.75, 3.05) is 13.2 Å². The molecule has 1 rings (SSSR count). The van der Waals surface area contributed by atoms with Crippen LogP contribution in [0.4, 0.5) is 0 Å². The molecule has 1 saturated heterocycles. The summed E-state index contributed by atoms with van der Waals surface area (Å²) in [5.41, 5.74) is 5.48. The van der Waals surface area contributed by atoms with Crippen molar-refractivity contribution < 1.29 is 9.53 Å². The average Bonchev–Trinajstić information content (AvgIpc) is 2.05. The summed E-state index contributed by atoms with van der Waals surface area (Å²) in [4.78, 5) is 11.3. The van der Waals surface area contributed by atoms with Gasteiger partial charge in [0.2, 0.25) is 0 Å². The molecule has 0 bridgehead atoms. The van der Waals surface area contributed by atoms with Gasteiger partial charge in [-0.05, 0) is 19.8 Å². The van der Waals surface area contributed by atoms with Crippen molar-refractivity contribution in [2.45, 2.75) is 25.8 Å². The summed E-state index contributed by atoms with van der Waals surface area (Å²) in [7, 11) is 0. The number of carbonyl (C=O) groups is 1. The molecule has 3 heteroatoms. The molecule has 1 unspecified atom stereocenters. The number of Topliss-reactive ketones (excluding diaryl/α,β-unsaturated/α-hetero) is 1. The van der Waals surface area contributed by atoms with Gasteiger partial charge in [0.25, 0.3) is 0 Å². The van der Waals surface area contributed by atoms with E-state index in [2.05, 4.69) is 0 Å². The fourth-order valence-corrected chi connectivity index (χ4v) is 1.35. The highest BCUT2D eigenvalue weighted by Crippen LogP contribution is 2.16. The monoisotopic (exact) mass is 157 g/mol. The molecule has 0 aromatic carbocycles. The summed E-state index contributed by atoms with van der Waals surface area (Å²) >= 11 is 0. The van der Waals surface area contributed by atoms with Crippen molar-refractivity contribution in [1.82, 2.24) is 0 Å². The molecule has 1 fully saturated rings. The Bertz CT molecular complexity index is 139. The van der Waals surface area contributed by atoms with Crippen molar-refractivity contribution >= 4 is 5.78 Å². The molecule has 0 aliphatic carbocycles. The smallest absolute Gasteiger partial charge is 0.152 e. The molecule has 0 spiro atoms. The van der Waals surface area contributed by atoms with Gasteiger partial charge in [-0.2, -0.15) is 0 Å². The van der Waals surface area contributed by atoms with E-state index in [1.165, 1.54) is 0 Å². The third-order valence-electron chi connectivity index (χ3n) is 2.07. The second-order valence-electron chi connectivity index (χ2n) is 3.08. The Labute approximate surface area is 66.9 Å². The van der Waals surface area contributed by atoms with Gasteiger partial charge in [0, 0.05) is 19.1 Å². The van der Waals surface area contributed by atoms with Crippen LogP contribution in [0.3, 0.4) is 0 Å². The van der Waals surface area contributed by atoms with Crippen LogP contribution >= 0.6 is 0 Å². The molecule has 1 aliphatic heterocycles. The Morgan fingerprint density at radius 3 is 2.55 bits per heavy atom. The van der Waals surface area contributed by atoms with Crippen molar-refractivity contribution in [3.63, 3.8) is 0 Å². The van der Waals surface area contributed by atoms with Crippen LogP contribution in [0.2, 0.25) is 0 Å². The zero-order chi connectivity index (χ0) is 8.27. The lowest BCUT2D eigenvalue weighted by molar-refractivity contribution is -0.126. The molecule has 0 aromatic heterocycles. The van der Waals surface area contributed by atoms with Gasteiger partial charge < -0.3 is 10.5 Å². The lowest BCUT2D eigenvalue weighted by Gasteiger charge is -2.21. The summed E-state index contributed by atoms with van der Waals surface area (Å²) in [5.74, 6) is 0.344. The highest BCUT2D eigenvalue weighted by Gasteiger charge is 2.23. The third-order valence-corrected chi connectivity index (χ3v) is 2.07. The van der Waals surface area contributed by atoms with E-state index in [9.17, 15) is 4.79 Å². The minimum atomic E-state index is -0.307. The van der Waals surface area contributed by atoms with Gasteiger partial charge in [-0.1, -0.05) is 0 Å². The molecular weight excluding hydrogens is 142 g/mol. The van der Waals surface area contributed by atoms with E-state index in [0.717, 1.165) is 12.8 Å². The molecule has 0 aromatic rings. The Morgan fingerprint density at radius 1 is 1.55 bits per heavy atom. The Balaban J connectivity index is 2.39. The number of rotatable bonds is 2. The highest BCUT2D eigenvalue weighted by molar-refractivity contribution is 5.85. The van der Waals surface area contributed by atoms with Gasteiger partial charge in [-0.3, -0.25) is 4.79 Å². The van der Waals surface area contributed by atoms with Crippen LogP contribution in [0, 0.1) is 5.92 Å². The second-order valence-corrected chi connectivity index (χ2v) is 3.08. The van der Waals surface area contributed by atoms with E-state index >= 15 is 0 Å². The molecule has 0 saturated carbocycles. The van der Waals surface area contributed by atoms with Crippen molar-refractivity contribution in [2.24, 2.45) is 11.7 Å². The largest absolute Gasteiger partial charge is 0.381 e. The Hall–Kier alpha value is -0.410. The molecular formula is C8H15NO2. The molecule has 1 aliphatic rings. The van der Waals surface area contributed by atoms with E-state index in [0.29, 0.717) is 13.2 Å².